The van der Waals surface area contributed by atoms with Gasteiger partial charge in [0.05, 0.1) is 0 Å². The number of rotatable bonds is 2. The van der Waals surface area contributed by atoms with Crippen molar-refractivity contribution < 1.29 is 9.13 Å². The van der Waals surface area contributed by atoms with Crippen LogP contribution in [0.5, 0.6) is 5.75 Å². The zero-order valence-electron chi connectivity index (χ0n) is 10.8. The zero-order valence-corrected chi connectivity index (χ0v) is 10.8. The first-order valence-electron chi connectivity index (χ1n) is 5.91. The number of hydrogen-bond donors (Lipinski definition) is 0. The minimum absolute atomic E-state index is 0.216. The van der Waals surface area contributed by atoms with Crippen LogP contribution in [-0.4, -0.2) is 5.60 Å². The van der Waals surface area contributed by atoms with E-state index in [1.807, 2.05) is 45.0 Å². The monoisotopic (exact) mass is 243 g/mol. The lowest BCUT2D eigenvalue weighted by atomic mass is 10.1. The predicted molar refractivity (Wildman–Crippen MR) is 71.1 cm³/mol. The van der Waals surface area contributed by atoms with Crippen LogP contribution in [0.4, 0.5) is 4.39 Å². The molecule has 0 spiro atoms. The molecule has 0 heterocycles. The Morgan fingerprint density at radius 1 is 1.06 bits per heavy atom. The maximum atomic E-state index is 13.1. The molecule has 0 atom stereocenters. The summed E-state index contributed by atoms with van der Waals surface area (Å²) in [5.74, 6) is 0.557. The van der Waals surface area contributed by atoms with Crippen LogP contribution in [0.15, 0.2) is 42.5 Å². The van der Waals surface area contributed by atoms with Crippen LogP contribution in [0.25, 0.3) is 11.1 Å². The molecule has 0 aliphatic carbocycles. The second-order valence-corrected chi connectivity index (χ2v) is 5.16. The van der Waals surface area contributed by atoms with E-state index in [4.69, 9.17) is 4.74 Å². The third-order valence-corrected chi connectivity index (χ3v) is 2.35. The van der Waals surface area contributed by atoms with Crippen molar-refractivity contribution in [3.05, 3.63) is 54.3 Å². The third kappa shape index (κ3) is 3.33. The summed E-state index contributed by atoms with van der Waals surface area (Å²) in [6.45, 7) is 6.00. The van der Waals surface area contributed by atoms with Crippen molar-refractivity contribution in [2.45, 2.75) is 26.4 Å². The van der Waals surface area contributed by atoms with E-state index >= 15 is 0 Å². The Bertz CT molecular complexity index is 524. The van der Waals surface area contributed by atoms with Crippen LogP contribution in [0.1, 0.15) is 20.8 Å². The van der Waals surface area contributed by atoms with Gasteiger partial charge < -0.3 is 4.74 Å². The van der Waals surface area contributed by atoms with E-state index in [-0.39, 0.29) is 11.4 Å². The van der Waals surface area contributed by atoms with Gasteiger partial charge in [0.1, 0.15) is 17.2 Å². The molecule has 0 saturated carbocycles. The second-order valence-electron chi connectivity index (χ2n) is 5.16. The molecule has 93 valence electrons. The fourth-order valence-electron chi connectivity index (χ4n) is 1.66. The average molecular weight is 243 g/mol. The van der Waals surface area contributed by atoms with Gasteiger partial charge in [0, 0.05) is 0 Å². The van der Waals surface area contributed by atoms with Crippen molar-refractivity contribution in [2.24, 2.45) is 0 Å². The molecule has 0 aliphatic heterocycles. The van der Waals surface area contributed by atoms with E-state index in [1.165, 1.54) is 12.1 Å². The molecular formula is C16H16FO. The zero-order chi connectivity index (χ0) is 13.2. The van der Waals surface area contributed by atoms with Gasteiger partial charge in [-0.05, 0) is 62.2 Å². The molecule has 0 fully saturated rings. The normalized spacial score (nSPS) is 11.3. The summed E-state index contributed by atoms with van der Waals surface area (Å²) >= 11 is 0. The van der Waals surface area contributed by atoms with Gasteiger partial charge in [-0.15, -0.1) is 0 Å². The van der Waals surface area contributed by atoms with Crippen LogP contribution in [0.3, 0.4) is 0 Å². The number of hydrogen-bond acceptors (Lipinski definition) is 1. The summed E-state index contributed by atoms with van der Waals surface area (Å²) in [6, 6.07) is 15.1. The van der Waals surface area contributed by atoms with Gasteiger partial charge >= 0.3 is 0 Å². The molecule has 2 rings (SSSR count). The highest BCUT2D eigenvalue weighted by Gasteiger charge is 2.11. The molecule has 1 radical (unpaired) electrons. The van der Waals surface area contributed by atoms with Gasteiger partial charge in [0.2, 0.25) is 0 Å². The van der Waals surface area contributed by atoms with E-state index in [9.17, 15) is 4.39 Å². The van der Waals surface area contributed by atoms with Crippen LogP contribution in [-0.2, 0) is 0 Å². The molecule has 0 unspecified atom stereocenters. The minimum Gasteiger partial charge on any atom is -0.488 e. The maximum Gasteiger partial charge on any atom is 0.123 e. The summed E-state index contributed by atoms with van der Waals surface area (Å²) in [7, 11) is 0. The molecule has 0 aliphatic rings. The largest absolute Gasteiger partial charge is 0.488 e. The summed E-state index contributed by atoms with van der Waals surface area (Å²) in [6.07, 6.45) is 0. The number of benzene rings is 2. The van der Waals surface area contributed by atoms with E-state index < -0.39 is 0 Å². The molecule has 0 N–H and O–H groups in total. The van der Waals surface area contributed by atoms with E-state index in [0.29, 0.717) is 0 Å². The maximum absolute atomic E-state index is 13.1. The standard InChI is InChI=1S/C16H16FO/c1-16(2,3)18-15-9-7-12(8-10-15)13-5-4-6-14(17)11-13/h4,6-11H,1-3H3. The summed E-state index contributed by atoms with van der Waals surface area (Å²) in [5, 5.41) is 0. The van der Waals surface area contributed by atoms with Crippen molar-refractivity contribution in [3.8, 4) is 16.9 Å². The Morgan fingerprint density at radius 3 is 2.28 bits per heavy atom. The van der Waals surface area contributed by atoms with Crippen LogP contribution in [0, 0.1) is 11.9 Å². The Kier molecular flexibility index (Phi) is 3.37. The van der Waals surface area contributed by atoms with Crippen LogP contribution < -0.4 is 4.74 Å². The van der Waals surface area contributed by atoms with Gasteiger partial charge in [-0.1, -0.05) is 18.2 Å². The van der Waals surface area contributed by atoms with Gasteiger partial charge in [-0.3, -0.25) is 0 Å². The van der Waals surface area contributed by atoms with Crippen LogP contribution in [0.2, 0.25) is 0 Å². The Hall–Kier alpha value is -1.83. The lowest BCUT2D eigenvalue weighted by Gasteiger charge is -2.21. The van der Waals surface area contributed by atoms with E-state index in [0.717, 1.165) is 16.9 Å². The third-order valence-electron chi connectivity index (χ3n) is 2.35. The van der Waals surface area contributed by atoms with Crippen molar-refractivity contribution in [1.29, 1.82) is 0 Å². The molecule has 0 saturated heterocycles. The quantitative estimate of drug-likeness (QED) is 0.756. The molecule has 0 amide bonds. The average Bonchev–Trinajstić information content (AvgIpc) is 2.28. The molecular weight excluding hydrogens is 227 g/mol. The molecule has 18 heavy (non-hydrogen) atoms. The number of ether oxygens (including phenoxy) is 1. The van der Waals surface area contributed by atoms with Crippen molar-refractivity contribution in [2.75, 3.05) is 0 Å². The van der Waals surface area contributed by atoms with Crippen molar-refractivity contribution in [3.63, 3.8) is 0 Å². The SMILES string of the molecule is CC(C)(C)Oc1ccc(-c2[c]ccc(F)c2)cc1. The van der Waals surface area contributed by atoms with Crippen LogP contribution >= 0.6 is 0 Å². The minimum atomic E-state index is -0.251. The number of halogens is 1. The van der Waals surface area contributed by atoms with E-state index in [1.54, 1.807) is 6.07 Å². The summed E-state index contributed by atoms with van der Waals surface area (Å²) < 4.78 is 18.8. The first-order valence-corrected chi connectivity index (χ1v) is 5.91. The molecule has 2 heteroatoms. The molecule has 1 nitrogen and oxygen atoms in total. The molecule has 2 aromatic carbocycles. The van der Waals surface area contributed by atoms with Gasteiger partial charge in [0.15, 0.2) is 0 Å². The summed E-state index contributed by atoms with van der Waals surface area (Å²) in [4.78, 5) is 0. The lowest BCUT2D eigenvalue weighted by Crippen LogP contribution is -2.22. The Morgan fingerprint density at radius 2 is 1.72 bits per heavy atom. The van der Waals surface area contributed by atoms with E-state index in [2.05, 4.69) is 6.07 Å². The van der Waals surface area contributed by atoms with Crippen molar-refractivity contribution in [1.82, 2.24) is 0 Å². The Balaban J connectivity index is 2.22. The van der Waals surface area contributed by atoms with Crippen molar-refractivity contribution >= 4 is 0 Å². The van der Waals surface area contributed by atoms with Gasteiger partial charge in [-0.25, -0.2) is 4.39 Å². The smallest absolute Gasteiger partial charge is 0.123 e. The van der Waals surface area contributed by atoms with Gasteiger partial charge in [-0.2, -0.15) is 0 Å². The highest BCUT2D eigenvalue weighted by atomic mass is 19.1. The Labute approximate surface area is 107 Å². The second kappa shape index (κ2) is 4.81. The highest BCUT2D eigenvalue weighted by molar-refractivity contribution is 5.63. The first kappa shape index (κ1) is 12.6. The first-order chi connectivity index (χ1) is 8.44. The predicted octanol–water partition coefficient (Wildman–Crippen LogP) is 4.47. The van der Waals surface area contributed by atoms with Gasteiger partial charge in [0.25, 0.3) is 0 Å². The topological polar surface area (TPSA) is 9.23 Å². The fourth-order valence-corrected chi connectivity index (χ4v) is 1.66. The summed E-state index contributed by atoms with van der Waals surface area (Å²) in [5.41, 5.74) is 1.46. The lowest BCUT2D eigenvalue weighted by molar-refractivity contribution is 0.131. The molecule has 0 bridgehead atoms. The molecule has 2 aromatic rings. The highest BCUT2D eigenvalue weighted by Crippen LogP contribution is 2.24. The fraction of sp³-hybridized carbons (Fsp3) is 0.250. The molecule has 0 aromatic heterocycles.